The van der Waals surface area contributed by atoms with Gasteiger partial charge in [0.2, 0.25) is 0 Å². The van der Waals surface area contributed by atoms with Gasteiger partial charge in [-0.15, -0.1) is 0 Å². The fourth-order valence-corrected chi connectivity index (χ4v) is 2.21. The molecule has 1 atom stereocenters. The third-order valence-electron chi connectivity index (χ3n) is 3.21. The molecule has 0 bridgehead atoms. The summed E-state index contributed by atoms with van der Waals surface area (Å²) in [6, 6.07) is 16.9. The van der Waals surface area contributed by atoms with Crippen molar-refractivity contribution in [1.29, 1.82) is 0 Å². The molecule has 3 heteroatoms. The number of hydrogen-bond acceptors (Lipinski definition) is 2. The Morgan fingerprint density at radius 2 is 1.70 bits per heavy atom. The summed E-state index contributed by atoms with van der Waals surface area (Å²) in [6.07, 6.45) is 0. The molecule has 1 unspecified atom stereocenters. The summed E-state index contributed by atoms with van der Waals surface area (Å²) < 4.78 is 6.75. The molecule has 0 radical (unpaired) electrons. The van der Waals surface area contributed by atoms with Crippen molar-refractivity contribution in [3.8, 4) is 5.75 Å². The van der Waals surface area contributed by atoms with E-state index in [1.807, 2.05) is 24.3 Å². The minimum atomic E-state index is 0.337. The average molecular weight is 334 g/mol. The van der Waals surface area contributed by atoms with Crippen LogP contribution in [0.2, 0.25) is 0 Å². The van der Waals surface area contributed by atoms with Gasteiger partial charge in [-0.05, 0) is 43.7 Å². The Hall–Kier alpha value is -1.32. The van der Waals surface area contributed by atoms with E-state index in [1.165, 1.54) is 11.1 Å². The van der Waals surface area contributed by atoms with Crippen molar-refractivity contribution in [3.05, 3.63) is 64.1 Å². The van der Waals surface area contributed by atoms with E-state index in [1.54, 1.807) is 0 Å². The predicted octanol–water partition coefficient (Wildman–Crippen LogP) is 4.49. The highest BCUT2D eigenvalue weighted by atomic mass is 79.9. The highest BCUT2D eigenvalue weighted by Gasteiger charge is 2.03. The van der Waals surface area contributed by atoms with Gasteiger partial charge in [-0.2, -0.15) is 0 Å². The number of hydrogen-bond donors (Lipinski definition) is 1. The van der Waals surface area contributed by atoms with E-state index < -0.39 is 0 Å². The monoisotopic (exact) mass is 333 g/mol. The quantitative estimate of drug-likeness (QED) is 0.786. The molecule has 0 aliphatic carbocycles. The fourth-order valence-electron chi connectivity index (χ4n) is 1.95. The van der Waals surface area contributed by atoms with Crippen LogP contribution in [0.25, 0.3) is 0 Å². The van der Waals surface area contributed by atoms with E-state index in [2.05, 4.69) is 59.4 Å². The van der Waals surface area contributed by atoms with Crippen molar-refractivity contribution >= 4 is 15.9 Å². The molecule has 0 fully saturated rings. The molecule has 2 rings (SSSR count). The van der Waals surface area contributed by atoms with Crippen LogP contribution in [0.5, 0.6) is 5.75 Å². The Kier molecular flexibility index (Phi) is 5.62. The van der Waals surface area contributed by atoms with E-state index in [4.69, 9.17) is 4.74 Å². The first-order valence-electron chi connectivity index (χ1n) is 6.83. The van der Waals surface area contributed by atoms with E-state index in [9.17, 15) is 0 Å². The number of benzene rings is 2. The van der Waals surface area contributed by atoms with Crippen molar-refractivity contribution in [2.45, 2.75) is 19.9 Å². The van der Waals surface area contributed by atoms with Gasteiger partial charge in [-0.25, -0.2) is 0 Å². The van der Waals surface area contributed by atoms with Gasteiger partial charge >= 0.3 is 0 Å². The molecule has 2 aromatic rings. The lowest BCUT2D eigenvalue weighted by molar-refractivity contribution is 0.307. The van der Waals surface area contributed by atoms with Crippen LogP contribution in [-0.4, -0.2) is 13.2 Å². The molecule has 20 heavy (non-hydrogen) atoms. The lowest BCUT2D eigenvalue weighted by Crippen LogP contribution is -2.24. The van der Waals surface area contributed by atoms with Crippen LogP contribution in [-0.2, 0) is 0 Å². The van der Waals surface area contributed by atoms with Gasteiger partial charge in [0.05, 0.1) is 0 Å². The van der Waals surface area contributed by atoms with Crippen LogP contribution in [0.15, 0.2) is 53.0 Å². The molecule has 2 aromatic carbocycles. The Balaban J connectivity index is 1.72. The topological polar surface area (TPSA) is 21.3 Å². The van der Waals surface area contributed by atoms with Crippen molar-refractivity contribution in [1.82, 2.24) is 5.32 Å². The average Bonchev–Trinajstić information content (AvgIpc) is 2.46. The maximum Gasteiger partial charge on any atom is 0.119 e. The summed E-state index contributed by atoms with van der Waals surface area (Å²) in [6.45, 7) is 5.77. The van der Waals surface area contributed by atoms with Gasteiger partial charge in [-0.3, -0.25) is 0 Å². The second kappa shape index (κ2) is 7.46. The molecular weight excluding hydrogens is 314 g/mol. The third-order valence-corrected chi connectivity index (χ3v) is 3.74. The molecule has 0 amide bonds. The molecule has 0 saturated carbocycles. The number of nitrogens with one attached hydrogen (secondary N) is 1. The maximum atomic E-state index is 5.68. The van der Waals surface area contributed by atoms with Gasteiger partial charge in [0.15, 0.2) is 0 Å². The number of halogens is 1. The zero-order valence-corrected chi connectivity index (χ0v) is 13.5. The van der Waals surface area contributed by atoms with Crippen LogP contribution in [0, 0.1) is 6.92 Å². The van der Waals surface area contributed by atoms with E-state index in [0.29, 0.717) is 12.6 Å². The minimum absolute atomic E-state index is 0.337. The van der Waals surface area contributed by atoms with Crippen LogP contribution in [0.1, 0.15) is 24.1 Å². The van der Waals surface area contributed by atoms with Gasteiger partial charge < -0.3 is 10.1 Å². The van der Waals surface area contributed by atoms with Crippen molar-refractivity contribution in [2.24, 2.45) is 0 Å². The van der Waals surface area contributed by atoms with E-state index >= 15 is 0 Å². The van der Waals surface area contributed by atoms with Crippen molar-refractivity contribution in [2.75, 3.05) is 13.2 Å². The van der Waals surface area contributed by atoms with Crippen LogP contribution < -0.4 is 10.1 Å². The smallest absolute Gasteiger partial charge is 0.119 e. The Bertz CT molecular complexity index is 522. The maximum absolute atomic E-state index is 5.68. The second-order valence-corrected chi connectivity index (χ2v) is 5.80. The highest BCUT2D eigenvalue weighted by Crippen LogP contribution is 2.16. The van der Waals surface area contributed by atoms with Crippen molar-refractivity contribution in [3.63, 3.8) is 0 Å². The molecule has 0 aliphatic heterocycles. The predicted molar refractivity (Wildman–Crippen MR) is 87.2 cm³/mol. The fraction of sp³-hybridized carbons (Fsp3) is 0.294. The summed E-state index contributed by atoms with van der Waals surface area (Å²) in [5, 5.41) is 3.47. The summed E-state index contributed by atoms with van der Waals surface area (Å²) in [4.78, 5) is 0. The molecule has 0 aromatic heterocycles. The van der Waals surface area contributed by atoms with Gasteiger partial charge in [0.1, 0.15) is 12.4 Å². The first-order valence-corrected chi connectivity index (χ1v) is 7.63. The normalized spacial score (nSPS) is 12.2. The number of rotatable bonds is 6. The molecule has 0 aliphatic rings. The SMILES string of the molecule is Cc1ccc(C(C)NCCOc2ccc(Br)cc2)cc1. The third kappa shape index (κ3) is 4.66. The summed E-state index contributed by atoms with van der Waals surface area (Å²) in [5.74, 6) is 0.901. The summed E-state index contributed by atoms with van der Waals surface area (Å²) in [5.41, 5.74) is 2.60. The zero-order valence-electron chi connectivity index (χ0n) is 11.9. The molecular formula is C17H20BrNO. The van der Waals surface area contributed by atoms with Gasteiger partial charge in [0, 0.05) is 17.1 Å². The number of aryl methyl sites for hydroxylation is 1. The minimum Gasteiger partial charge on any atom is -0.492 e. The van der Waals surface area contributed by atoms with Crippen LogP contribution in [0.3, 0.4) is 0 Å². The van der Waals surface area contributed by atoms with Gasteiger partial charge in [-0.1, -0.05) is 45.8 Å². The molecule has 2 nitrogen and oxygen atoms in total. The van der Waals surface area contributed by atoms with Crippen LogP contribution >= 0.6 is 15.9 Å². The number of ether oxygens (including phenoxy) is 1. The molecule has 0 heterocycles. The molecule has 0 spiro atoms. The summed E-state index contributed by atoms with van der Waals surface area (Å²) in [7, 11) is 0. The largest absolute Gasteiger partial charge is 0.492 e. The Morgan fingerprint density at radius 3 is 2.35 bits per heavy atom. The van der Waals surface area contributed by atoms with Crippen molar-refractivity contribution < 1.29 is 4.74 Å². The van der Waals surface area contributed by atoms with E-state index in [0.717, 1.165) is 16.8 Å². The summed E-state index contributed by atoms with van der Waals surface area (Å²) >= 11 is 3.41. The van der Waals surface area contributed by atoms with E-state index in [-0.39, 0.29) is 0 Å². The second-order valence-electron chi connectivity index (χ2n) is 4.89. The lowest BCUT2D eigenvalue weighted by atomic mass is 10.1. The molecule has 106 valence electrons. The van der Waals surface area contributed by atoms with Gasteiger partial charge in [0.25, 0.3) is 0 Å². The first kappa shape index (κ1) is 15.1. The zero-order chi connectivity index (χ0) is 14.4. The molecule has 1 N–H and O–H groups in total. The Labute approximate surface area is 129 Å². The standard InChI is InChI=1S/C17H20BrNO/c1-13-3-5-15(6-4-13)14(2)19-11-12-20-17-9-7-16(18)8-10-17/h3-10,14,19H,11-12H2,1-2H3. The first-order chi connectivity index (χ1) is 9.65. The lowest BCUT2D eigenvalue weighted by Gasteiger charge is -2.15. The Morgan fingerprint density at radius 1 is 1.05 bits per heavy atom. The highest BCUT2D eigenvalue weighted by molar-refractivity contribution is 9.10. The molecule has 0 saturated heterocycles. The van der Waals surface area contributed by atoms with Crippen LogP contribution in [0.4, 0.5) is 0 Å².